The lowest BCUT2D eigenvalue weighted by atomic mass is 10.00. The van der Waals surface area contributed by atoms with Crippen LogP contribution in [0.2, 0.25) is 0 Å². The Morgan fingerprint density at radius 1 is 0.844 bits per heavy atom. The fourth-order valence-electron chi connectivity index (χ4n) is 4.11. The van der Waals surface area contributed by atoms with E-state index in [2.05, 4.69) is 4.72 Å². The van der Waals surface area contributed by atoms with Gasteiger partial charge in [0.2, 0.25) is 10.0 Å². The maximum Gasteiger partial charge on any atom is 0.254 e. The molecule has 0 radical (unpaired) electrons. The summed E-state index contributed by atoms with van der Waals surface area (Å²) in [5, 5.41) is 0. The molecule has 1 amide bonds. The van der Waals surface area contributed by atoms with Crippen LogP contribution in [-0.2, 0) is 10.0 Å². The second kappa shape index (κ2) is 9.67. The number of nitrogens with zero attached hydrogens (tertiary/aromatic N) is 1. The fraction of sp³-hybridized carbons (Fsp3) is 0.269. The van der Waals surface area contributed by atoms with Gasteiger partial charge in [-0.15, -0.1) is 0 Å². The van der Waals surface area contributed by atoms with Crippen LogP contribution in [-0.4, -0.2) is 32.3 Å². The number of aryl methyl sites for hydroxylation is 1. The minimum atomic E-state index is -3.88. The summed E-state index contributed by atoms with van der Waals surface area (Å²) in [5.74, 6) is -0.0954. The van der Waals surface area contributed by atoms with Gasteiger partial charge in [0.15, 0.2) is 0 Å². The number of nitrogens with one attached hydrogen (secondary N) is 1. The third-order valence-corrected chi connectivity index (χ3v) is 7.35. The van der Waals surface area contributed by atoms with Crippen molar-refractivity contribution in [3.63, 3.8) is 0 Å². The lowest BCUT2D eigenvalue weighted by molar-refractivity contribution is 0.0723. The maximum atomic E-state index is 13.4. The second-order valence-corrected chi connectivity index (χ2v) is 9.92. The van der Waals surface area contributed by atoms with Gasteiger partial charge in [0.25, 0.3) is 5.91 Å². The number of likely N-dealkylation sites (tertiary alicyclic amines) is 1. The molecule has 3 aromatic rings. The van der Waals surface area contributed by atoms with E-state index in [4.69, 9.17) is 0 Å². The topological polar surface area (TPSA) is 66.5 Å². The number of carbonyl (C=O) groups is 1. The molecular weight excluding hydrogens is 420 g/mol. The minimum absolute atomic E-state index is 0.0954. The molecule has 4 rings (SSSR count). The highest BCUT2D eigenvalue weighted by atomic mass is 32.2. The first-order valence-corrected chi connectivity index (χ1v) is 12.5. The predicted molar refractivity (Wildman–Crippen MR) is 126 cm³/mol. The highest BCUT2D eigenvalue weighted by Gasteiger charge is 2.26. The van der Waals surface area contributed by atoms with Crippen molar-refractivity contribution in [1.29, 1.82) is 0 Å². The smallest absolute Gasteiger partial charge is 0.254 e. The number of benzene rings is 3. The first-order valence-electron chi connectivity index (χ1n) is 11.0. The Morgan fingerprint density at radius 3 is 1.97 bits per heavy atom. The van der Waals surface area contributed by atoms with E-state index in [-0.39, 0.29) is 10.8 Å². The van der Waals surface area contributed by atoms with Gasteiger partial charge in [-0.25, -0.2) is 8.42 Å². The van der Waals surface area contributed by atoms with Crippen LogP contribution in [0.1, 0.15) is 52.4 Å². The Kier molecular flexibility index (Phi) is 6.72. The van der Waals surface area contributed by atoms with Crippen LogP contribution in [0.3, 0.4) is 0 Å². The van der Waals surface area contributed by atoms with Gasteiger partial charge in [-0.05, 0) is 55.0 Å². The van der Waals surface area contributed by atoms with Crippen LogP contribution in [0.15, 0.2) is 83.8 Å². The Morgan fingerprint density at radius 2 is 1.41 bits per heavy atom. The molecule has 0 saturated carbocycles. The Hall–Kier alpha value is -2.96. The van der Waals surface area contributed by atoms with Crippen molar-refractivity contribution in [3.05, 3.63) is 101 Å². The minimum Gasteiger partial charge on any atom is -0.339 e. The molecule has 1 aliphatic rings. The van der Waals surface area contributed by atoms with Gasteiger partial charge in [0.05, 0.1) is 10.9 Å². The number of hydrogen-bond acceptors (Lipinski definition) is 3. The van der Waals surface area contributed by atoms with E-state index < -0.39 is 16.1 Å². The maximum absolute atomic E-state index is 13.4. The molecule has 32 heavy (non-hydrogen) atoms. The van der Waals surface area contributed by atoms with E-state index in [0.29, 0.717) is 5.56 Å². The normalized spacial score (nSPS) is 14.5. The van der Waals surface area contributed by atoms with Crippen molar-refractivity contribution in [2.75, 3.05) is 13.1 Å². The first-order chi connectivity index (χ1) is 15.5. The summed E-state index contributed by atoms with van der Waals surface area (Å²) in [4.78, 5) is 15.0. The van der Waals surface area contributed by atoms with Crippen LogP contribution < -0.4 is 4.72 Å². The number of hydrogen-bond donors (Lipinski definition) is 1. The van der Waals surface area contributed by atoms with Crippen molar-refractivity contribution in [3.8, 4) is 0 Å². The molecule has 5 nitrogen and oxygen atoms in total. The molecule has 0 aliphatic carbocycles. The van der Waals surface area contributed by atoms with Gasteiger partial charge in [-0.3, -0.25) is 4.79 Å². The van der Waals surface area contributed by atoms with Crippen LogP contribution in [0.4, 0.5) is 0 Å². The number of piperidine rings is 1. The zero-order chi connectivity index (χ0) is 22.6. The summed E-state index contributed by atoms with van der Waals surface area (Å²) in [7, 11) is -3.88. The van der Waals surface area contributed by atoms with E-state index in [0.717, 1.165) is 49.0 Å². The molecule has 1 saturated heterocycles. The van der Waals surface area contributed by atoms with E-state index in [1.54, 1.807) is 12.1 Å². The van der Waals surface area contributed by atoms with Crippen molar-refractivity contribution < 1.29 is 13.2 Å². The van der Waals surface area contributed by atoms with Crippen molar-refractivity contribution >= 4 is 15.9 Å². The van der Waals surface area contributed by atoms with Crippen molar-refractivity contribution in [2.24, 2.45) is 0 Å². The molecule has 6 heteroatoms. The Bertz CT molecular complexity index is 1130. The molecule has 0 unspecified atom stereocenters. The third kappa shape index (κ3) is 4.92. The summed E-state index contributed by atoms with van der Waals surface area (Å²) in [6.45, 7) is 3.28. The first kappa shape index (κ1) is 22.2. The molecule has 0 aromatic heterocycles. The van der Waals surface area contributed by atoms with Crippen LogP contribution in [0, 0.1) is 6.92 Å². The van der Waals surface area contributed by atoms with Crippen molar-refractivity contribution in [2.45, 2.75) is 37.1 Å². The molecular formula is C26H28N2O3S. The Balaban J connectivity index is 1.67. The molecule has 3 aromatic carbocycles. The summed E-state index contributed by atoms with van der Waals surface area (Å²) >= 11 is 0. The lowest BCUT2D eigenvalue weighted by Gasteiger charge is -2.27. The van der Waals surface area contributed by atoms with Gasteiger partial charge in [0.1, 0.15) is 0 Å². The average Bonchev–Trinajstić information content (AvgIpc) is 2.84. The molecule has 0 bridgehead atoms. The molecule has 1 fully saturated rings. The van der Waals surface area contributed by atoms with Gasteiger partial charge < -0.3 is 4.90 Å². The van der Waals surface area contributed by atoms with E-state index in [1.807, 2.05) is 72.5 Å². The highest BCUT2D eigenvalue weighted by Crippen LogP contribution is 2.26. The summed E-state index contributed by atoms with van der Waals surface area (Å²) < 4.78 is 29.7. The number of sulfonamides is 1. The summed E-state index contributed by atoms with van der Waals surface area (Å²) in [5.41, 5.74) is 2.92. The Labute approximate surface area is 190 Å². The molecule has 1 N–H and O–H groups in total. The third-order valence-electron chi connectivity index (χ3n) is 5.93. The molecule has 166 valence electrons. The van der Waals surface area contributed by atoms with Crippen LogP contribution in [0.5, 0.6) is 0 Å². The van der Waals surface area contributed by atoms with Crippen LogP contribution >= 0.6 is 0 Å². The zero-order valence-corrected chi connectivity index (χ0v) is 19.0. The molecule has 0 atom stereocenters. The van der Waals surface area contributed by atoms with Gasteiger partial charge in [0, 0.05) is 18.7 Å². The average molecular weight is 449 g/mol. The standard InChI is InChI=1S/C26H28N2O3S/c1-20-15-16-23(19-24(20)26(29)28-17-9-4-10-18-28)32(30,31)27-25(21-11-5-2-6-12-21)22-13-7-3-8-14-22/h2-3,5-8,11-16,19,25,27H,4,9-10,17-18H2,1H3. The van der Waals surface area contributed by atoms with Crippen molar-refractivity contribution in [1.82, 2.24) is 9.62 Å². The van der Waals surface area contributed by atoms with E-state index >= 15 is 0 Å². The van der Waals surface area contributed by atoms with Gasteiger partial charge in [-0.2, -0.15) is 4.72 Å². The fourth-order valence-corrected chi connectivity index (χ4v) is 5.35. The lowest BCUT2D eigenvalue weighted by Crippen LogP contribution is -2.36. The molecule has 1 heterocycles. The monoisotopic (exact) mass is 448 g/mol. The highest BCUT2D eigenvalue weighted by molar-refractivity contribution is 7.89. The second-order valence-electron chi connectivity index (χ2n) is 8.21. The predicted octanol–water partition coefficient (Wildman–Crippen LogP) is 4.69. The molecule has 0 spiro atoms. The SMILES string of the molecule is Cc1ccc(S(=O)(=O)NC(c2ccccc2)c2ccccc2)cc1C(=O)N1CCCCC1. The number of carbonyl (C=O) groups excluding carboxylic acids is 1. The van der Waals surface area contributed by atoms with Gasteiger partial charge >= 0.3 is 0 Å². The molecule has 1 aliphatic heterocycles. The summed E-state index contributed by atoms with van der Waals surface area (Å²) in [6, 6.07) is 23.2. The van der Waals surface area contributed by atoms with Crippen LogP contribution in [0.25, 0.3) is 0 Å². The largest absolute Gasteiger partial charge is 0.339 e. The number of amides is 1. The zero-order valence-electron chi connectivity index (χ0n) is 18.2. The quantitative estimate of drug-likeness (QED) is 0.595. The van der Waals surface area contributed by atoms with Gasteiger partial charge in [-0.1, -0.05) is 66.7 Å². The van der Waals surface area contributed by atoms with E-state index in [9.17, 15) is 13.2 Å². The van der Waals surface area contributed by atoms with E-state index in [1.165, 1.54) is 6.07 Å². The summed E-state index contributed by atoms with van der Waals surface area (Å²) in [6.07, 6.45) is 3.10. The number of rotatable bonds is 6.